The number of rotatable bonds is 5. The average Bonchev–Trinajstić information content (AvgIpc) is 3.25. The fourth-order valence-electron chi connectivity index (χ4n) is 2.88. The van der Waals surface area contributed by atoms with Crippen molar-refractivity contribution in [2.45, 2.75) is 26.3 Å². The van der Waals surface area contributed by atoms with Crippen molar-refractivity contribution < 1.29 is 4.79 Å². The molecule has 0 radical (unpaired) electrons. The van der Waals surface area contributed by atoms with Crippen molar-refractivity contribution in [3.63, 3.8) is 0 Å². The number of aryl methyl sites for hydroxylation is 1. The lowest BCUT2D eigenvalue weighted by molar-refractivity contribution is -0.118. The standard InChI is InChI=1S/C18H18N6OS/c1-3-13(15(19)25)20-18-21-14-7-5-4-6-11(14)17-22-16(23-24(17)18)12-9-26-8-10(12)2/h4-9,13H,3H2,1-2H3,(H2,19,25)(H,20,21). The molecule has 4 rings (SSSR count). The van der Waals surface area contributed by atoms with E-state index in [1.54, 1.807) is 15.9 Å². The van der Waals surface area contributed by atoms with Crippen molar-refractivity contribution in [1.82, 2.24) is 19.6 Å². The molecule has 132 valence electrons. The summed E-state index contributed by atoms with van der Waals surface area (Å²) in [5, 5.41) is 12.8. The Hall–Kier alpha value is -3.00. The van der Waals surface area contributed by atoms with Crippen molar-refractivity contribution in [2.24, 2.45) is 5.73 Å². The number of fused-ring (bicyclic) bond motifs is 3. The molecule has 3 N–H and O–H groups in total. The van der Waals surface area contributed by atoms with Gasteiger partial charge in [0.15, 0.2) is 11.5 Å². The Morgan fingerprint density at radius 2 is 2.12 bits per heavy atom. The van der Waals surface area contributed by atoms with Crippen LogP contribution in [0.1, 0.15) is 18.9 Å². The maximum atomic E-state index is 11.7. The number of nitrogens with one attached hydrogen (secondary N) is 1. The first-order valence-corrected chi connectivity index (χ1v) is 9.27. The molecule has 8 heteroatoms. The first-order chi connectivity index (χ1) is 12.6. The predicted molar refractivity (Wildman–Crippen MR) is 103 cm³/mol. The second-order valence-electron chi connectivity index (χ2n) is 6.10. The summed E-state index contributed by atoms with van der Waals surface area (Å²) in [5.74, 6) is 0.665. The number of benzene rings is 1. The Balaban J connectivity index is 1.96. The molecule has 0 aliphatic heterocycles. The van der Waals surface area contributed by atoms with E-state index in [-0.39, 0.29) is 0 Å². The van der Waals surface area contributed by atoms with Gasteiger partial charge >= 0.3 is 0 Å². The summed E-state index contributed by atoms with van der Waals surface area (Å²) in [6.07, 6.45) is 0.552. The number of amides is 1. The van der Waals surface area contributed by atoms with Gasteiger partial charge in [-0.3, -0.25) is 4.79 Å². The van der Waals surface area contributed by atoms with Crippen molar-refractivity contribution >= 4 is 39.7 Å². The first kappa shape index (κ1) is 16.5. The van der Waals surface area contributed by atoms with Crippen LogP contribution >= 0.6 is 11.3 Å². The number of nitrogens with zero attached hydrogens (tertiary/aromatic N) is 4. The van der Waals surface area contributed by atoms with Crippen LogP contribution in [0.25, 0.3) is 27.9 Å². The Bertz CT molecular complexity index is 1120. The summed E-state index contributed by atoms with van der Waals surface area (Å²) in [5.41, 5.74) is 9.08. The number of para-hydroxylation sites is 1. The zero-order valence-electron chi connectivity index (χ0n) is 14.4. The molecule has 0 spiro atoms. The van der Waals surface area contributed by atoms with Gasteiger partial charge in [-0.05, 0) is 36.4 Å². The van der Waals surface area contributed by atoms with Crippen molar-refractivity contribution in [3.8, 4) is 11.4 Å². The molecule has 26 heavy (non-hydrogen) atoms. The lowest BCUT2D eigenvalue weighted by Gasteiger charge is -2.15. The Morgan fingerprint density at radius 1 is 1.31 bits per heavy atom. The van der Waals surface area contributed by atoms with Gasteiger partial charge in [-0.2, -0.15) is 15.9 Å². The van der Waals surface area contributed by atoms with Gasteiger partial charge in [-0.1, -0.05) is 19.1 Å². The van der Waals surface area contributed by atoms with E-state index >= 15 is 0 Å². The molecule has 0 bridgehead atoms. The minimum Gasteiger partial charge on any atom is -0.368 e. The molecule has 0 aliphatic rings. The molecular weight excluding hydrogens is 348 g/mol. The number of aromatic nitrogens is 4. The Morgan fingerprint density at radius 3 is 2.81 bits per heavy atom. The number of carbonyl (C=O) groups is 1. The summed E-state index contributed by atoms with van der Waals surface area (Å²) in [4.78, 5) is 21.0. The molecule has 1 atom stereocenters. The van der Waals surface area contributed by atoms with Crippen LogP contribution in [0.3, 0.4) is 0 Å². The Labute approximate surface area is 153 Å². The van der Waals surface area contributed by atoms with Crippen molar-refractivity contribution in [2.75, 3.05) is 5.32 Å². The fourth-order valence-corrected chi connectivity index (χ4v) is 3.71. The molecule has 3 heterocycles. The summed E-state index contributed by atoms with van der Waals surface area (Å²) < 4.78 is 1.65. The van der Waals surface area contributed by atoms with Gasteiger partial charge in [0, 0.05) is 16.3 Å². The largest absolute Gasteiger partial charge is 0.368 e. The van der Waals surface area contributed by atoms with Gasteiger partial charge in [-0.15, -0.1) is 5.10 Å². The summed E-state index contributed by atoms with van der Waals surface area (Å²) in [6, 6.07) is 7.21. The van der Waals surface area contributed by atoms with E-state index in [9.17, 15) is 4.79 Å². The number of hydrogen-bond acceptors (Lipinski definition) is 6. The van der Waals surface area contributed by atoms with Crippen LogP contribution < -0.4 is 11.1 Å². The van der Waals surface area contributed by atoms with Gasteiger partial charge < -0.3 is 11.1 Å². The van der Waals surface area contributed by atoms with Gasteiger partial charge in [-0.25, -0.2) is 9.97 Å². The molecule has 7 nitrogen and oxygen atoms in total. The predicted octanol–water partition coefficient (Wildman–Crippen LogP) is 2.99. The molecule has 1 aromatic carbocycles. The average molecular weight is 366 g/mol. The minimum absolute atomic E-state index is 0.426. The fraction of sp³-hybridized carbons (Fsp3) is 0.222. The molecular formula is C18H18N6OS. The highest BCUT2D eigenvalue weighted by Crippen LogP contribution is 2.28. The van der Waals surface area contributed by atoms with Gasteiger partial charge in [0.2, 0.25) is 11.9 Å². The van der Waals surface area contributed by atoms with E-state index in [2.05, 4.69) is 20.8 Å². The van der Waals surface area contributed by atoms with Crippen LogP contribution in [0.2, 0.25) is 0 Å². The van der Waals surface area contributed by atoms with Crippen LogP contribution in [-0.2, 0) is 4.79 Å². The SMILES string of the molecule is CCC(Nc1nc2ccccc2c2nc(-c3cscc3C)nn12)C(N)=O. The molecule has 0 fully saturated rings. The maximum absolute atomic E-state index is 11.7. The zero-order chi connectivity index (χ0) is 18.3. The van der Waals surface area contributed by atoms with Gasteiger partial charge in [0.25, 0.3) is 0 Å². The summed E-state index contributed by atoms with van der Waals surface area (Å²) in [6.45, 7) is 3.93. The quantitative estimate of drug-likeness (QED) is 0.566. The second-order valence-corrected chi connectivity index (χ2v) is 6.84. The van der Waals surface area contributed by atoms with Gasteiger partial charge in [0.05, 0.1) is 5.52 Å². The van der Waals surface area contributed by atoms with Crippen LogP contribution in [0.5, 0.6) is 0 Å². The Kier molecular flexibility index (Phi) is 4.04. The lowest BCUT2D eigenvalue weighted by Crippen LogP contribution is -2.35. The zero-order valence-corrected chi connectivity index (χ0v) is 15.2. The molecule has 0 saturated heterocycles. The van der Waals surface area contributed by atoms with E-state index in [0.717, 1.165) is 22.0 Å². The minimum atomic E-state index is -0.526. The highest BCUT2D eigenvalue weighted by atomic mass is 32.1. The normalized spacial score (nSPS) is 12.5. The maximum Gasteiger partial charge on any atom is 0.239 e. The number of carbonyl (C=O) groups excluding carboxylic acids is 1. The summed E-state index contributed by atoms with van der Waals surface area (Å²) in [7, 11) is 0. The monoisotopic (exact) mass is 366 g/mol. The third-order valence-corrected chi connectivity index (χ3v) is 5.19. The highest BCUT2D eigenvalue weighted by Gasteiger charge is 2.19. The third-order valence-electron chi connectivity index (χ3n) is 4.33. The third kappa shape index (κ3) is 2.68. The van der Waals surface area contributed by atoms with Crippen LogP contribution in [0, 0.1) is 6.92 Å². The molecule has 1 amide bonds. The highest BCUT2D eigenvalue weighted by molar-refractivity contribution is 7.08. The van der Waals surface area contributed by atoms with Crippen molar-refractivity contribution in [3.05, 3.63) is 40.6 Å². The second kappa shape index (κ2) is 6.38. The number of anilines is 1. The van der Waals surface area contributed by atoms with E-state index < -0.39 is 11.9 Å². The smallest absolute Gasteiger partial charge is 0.239 e. The van der Waals surface area contributed by atoms with Crippen LogP contribution in [0.15, 0.2) is 35.0 Å². The molecule has 0 saturated carbocycles. The molecule has 3 aromatic heterocycles. The molecule has 4 aromatic rings. The number of nitrogens with two attached hydrogens (primary N) is 1. The van der Waals surface area contributed by atoms with Crippen LogP contribution in [-0.4, -0.2) is 31.5 Å². The number of thiophene rings is 1. The number of primary amides is 1. The topological polar surface area (TPSA) is 98.2 Å². The molecule has 0 aliphatic carbocycles. The number of hydrogen-bond donors (Lipinski definition) is 2. The van der Waals surface area contributed by atoms with E-state index in [4.69, 9.17) is 10.7 Å². The first-order valence-electron chi connectivity index (χ1n) is 8.33. The van der Waals surface area contributed by atoms with E-state index in [0.29, 0.717) is 23.8 Å². The summed E-state index contributed by atoms with van der Waals surface area (Å²) >= 11 is 1.62. The lowest BCUT2D eigenvalue weighted by atomic mass is 10.2. The van der Waals surface area contributed by atoms with E-state index in [1.165, 1.54) is 0 Å². The van der Waals surface area contributed by atoms with Crippen LogP contribution in [0.4, 0.5) is 5.95 Å². The van der Waals surface area contributed by atoms with E-state index in [1.807, 2.05) is 43.5 Å². The van der Waals surface area contributed by atoms with Crippen molar-refractivity contribution in [1.29, 1.82) is 0 Å². The van der Waals surface area contributed by atoms with Gasteiger partial charge in [0.1, 0.15) is 6.04 Å². The molecule has 1 unspecified atom stereocenters.